The smallest absolute Gasteiger partial charge is 0.377 e. The molecule has 1 atom stereocenters. The Morgan fingerprint density at radius 3 is 2.50 bits per heavy atom. The molecule has 156 valence electrons. The minimum atomic E-state index is -4.85. The zero-order valence-corrected chi connectivity index (χ0v) is 16.3. The number of halogens is 6. The summed E-state index contributed by atoms with van der Waals surface area (Å²) in [7, 11) is 2.76. The molecule has 1 unspecified atom stereocenters. The Hall–Kier alpha value is -1.57. The van der Waals surface area contributed by atoms with Gasteiger partial charge in [-0.25, -0.2) is 14.3 Å². The van der Waals surface area contributed by atoms with E-state index in [1.54, 1.807) is 0 Å². The van der Waals surface area contributed by atoms with Crippen molar-refractivity contribution in [2.45, 2.75) is 24.7 Å². The standard InChI is InChI=1S/C14H16ClF5N5O2S/c1-23-3-4-25(12(23)26,7-13(15,16)17)5-8-10(14(18,19)20)24-11(21-8)28-9(22-24)6-27-2/h3-7H2,1-2H3/q+1. The van der Waals surface area contributed by atoms with Crippen LogP contribution in [-0.4, -0.2) is 69.2 Å². The van der Waals surface area contributed by atoms with Gasteiger partial charge in [-0.05, 0) is 11.6 Å². The predicted molar refractivity (Wildman–Crippen MR) is 89.1 cm³/mol. The first-order valence-corrected chi connectivity index (χ1v) is 9.18. The maximum Gasteiger partial charge on any atom is 0.435 e. The van der Waals surface area contributed by atoms with Crippen LogP contribution in [0.25, 0.3) is 4.96 Å². The highest BCUT2D eigenvalue weighted by Gasteiger charge is 2.53. The first-order valence-electron chi connectivity index (χ1n) is 7.98. The normalized spacial score (nSPS) is 21.3. The van der Waals surface area contributed by atoms with Gasteiger partial charge in [0.05, 0.1) is 13.2 Å². The lowest BCUT2D eigenvalue weighted by atomic mass is 10.2. The minimum absolute atomic E-state index is 0.00239. The van der Waals surface area contributed by atoms with E-state index in [0.717, 1.165) is 11.3 Å². The predicted octanol–water partition coefficient (Wildman–Crippen LogP) is 3.17. The van der Waals surface area contributed by atoms with Gasteiger partial charge in [0.25, 0.3) is 0 Å². The largest absolute Gasteiger partial charge is 0.435 e. The summed E-state index contributed by atoms with van der Waals surface area (Å²) in [5, 5.41) is 0.356. The van der Waals surface area contributed by atoms with E-state index in [1.165, 1.54) is 19.1 Å². The van der Waals surface area contributed by atoms with Crippen molar-refractivity contribution in [3.05, 3.63) is 16.4 Å². The van der Waals surface area contributed by atoms with E-state index in [-0.39, 0.29) is 29.7 Å². The van der Waals surface area contributed by atoms with Crippen LogP contribution in [0.3, 0.4) is 0 Å². The number of amides is 2. The van der Waals surface area contributed by atoms with Crippen molar-refractivity contribution >= 4 is 33.9 Å². The van der Waals surface area contributed by atoms with Crippen molar-refractivity contribution in [1.29, 1.82) is 0 Å². The van der Waals surface area contributed by atoms with Gasteiger partial charge in [-0.15, -0.1) is 0 Å². The number of ether oxygens (including phenoxy) is 1. The molecule has 2 aromatic heterocycles. The Morgan fingerprint density at radius 1 is 1.32 bits per heavy atom. The van der Waals surface area contributed by atoms with E-state index < -0.39 is 46.5 Å². The number of alkyl halides is 6. The van der Waals surface area contributed by atoms with Gasteiger partial charge in [0, 0.05) is 14.2 Å². The molecular weight excluding hydrogens is 433 g/mol. The highest BCUT2D eigenvalue weighted by atomic mass is 35.5. The monoisotopic (exact) mass is 448 g/mol. The fourth-order valence-electron chi connectivity index (χ4n) is 3.28. The van der Waals surface area contributed by atoms with Crippen LogP contribution < -0.4 is 0 Å². The molecule has 28 heavy (non-hydrogen) atoms. The van der Waals surface area contributed by atoms with E-state index >= 15 is 0 Å². The molecule has 1 saturated heterocycles. The molecule has 0 N–H and O–H groups in total. The molecule has 2 aromatic rings. The lowest BCUT2D eigenvalue weighted by Gasteiger charge is -2.31. The first kappa shape index (κ1) is 21.1. The number of imidazole rings is 1. The zero-order chi connectivity index (χ0) is 20.9. The van der Waals surface area contributed by atoms with Crippen LogP contribution in [0.2, 0.25) is 0 Å². The molecular formula is C14H16ClF5N5O2S+. The number of carbonyl (C=O) groups is 1. The maximum atomic E-state index is 13.7. The highest BCUT2D eigenvalue weighted by Crippen LogP contribution is 2.37. The molecule has 0 saturated carbocycles. The van der Waals surface area contributed by atoms with Crippen LogP contribution in [0.1, 0.15) is 16.4 Å². The number of likely N-dealkylation sites (N-methyl/N-ethyl adjacent to an activating group) is 1. The van der Waals surface area contributed by atoms with Crippen molar-refractivity contribution in [3.63, 3.8) is 0 Å². The molecule has 3 rings (SSSR count). The Labute approximate surface area is 164 Å². The summed E-state index contributed by atoms with van der Waals surface area (Å²) in [6, 6.07) is -0.738. The number of urea groups is 1. The van der Waals surface area contributed by atoms with E-state index in [1.807, 2.05) is 0 Å². The summed E-state index contributed by atoms with van der Waals surface area (Å²) in [5.74, 6) is 0. The minimum Gasteiger partial charge on any atom is -0.377 e. The van der Waals surface area contributed by atoms with Crippen LogP contribution in [0, 0.1) is 0 Å². The molecule has 14 heteroatoms. The van der Waals surface area contributed by atoms with E-state index in [4.69, 9.17) is 16.3 Å². The molecule has 2 amide bonds. The summed E-state index contributed by atoms with van der Waals surface area (Å²) in [6.45, 7) is -1.80. The number of hydrogen-bond acceptors (Lipinski definition) is 5. The van der Waals surface area contributed by atoms with Gasteiger partial charge in [0.1, 0.15) is 23.8 Å². The summed E-state index contributed by atoms with van der Waals surface area (Å²) < 4.78 is 72.8. The van der Waals surface area contributed by atoms with Crippen LogP contribution in [0.4, 0.5) is 26.7 Å². The van der Waals surface area contributed by atoms with Gasteiger partial charge in [0.2, 0.25) is 4.96 Å². The third kappa shape index (κ3) is 3.93. The number of quaternary nitrogens is 1. The molecule has 0 radical (unpaired) electrons. The number of hydrogen-bond donors (Lipinski definition) is 0. The van der Waals surface area contributed by atoms with Crippen LogP contribution in [0.15, 0.2) is 0 Å². The average molecular weight is 449 g/mol. The number of rotatable bonds is 6. The first-order chi connectivity index (χ1) is 12.9. The summed E-state index contributed by atoms with van der Waals surface area (Å²) in [6.07, 6.45) is -4.85. The third-order valence-corrected chi connectivity index (χ3v) is 5.39. The second-order valence-electron chi connectivity index (χ2n) is 6.53. The third-order valence-electron chi connectivity index (χ3n) is 4.38. The lowest BCUT2D eigenvalue weighted by molar-refractivity contribution is -0.861. The second kappa shape index (κ2) is 7.04. The van der Waals surface area contributed by atoms with Gasteiger partial charge in [-0.2, -0.15) is 31.6 Å². The zero-order valence-electron chi connectivity index (χ0n) is 14.8. The molecule has 0 aliphatic carbocycles. The Bertz CT molecular complexity index is 895. The van der Waals surface area contributed by atoms with Gasteiger partial charge in [-0.1, -0.05) is 11.3 Å². The fraction of sp³-hybridized carbons (Fsp3) is 0.643. The van der Waals surface area contributed by atoms with Gasteiger partial charge >= 0.3 is 17.6 Å². The van der Waals surface area contributed by atoms with E-state index in [9.17, 15) is 26.7 Å². The quantitative estimate of drug-likeness (QED) is 0.387. The Balaban J connectivity index is 2.08. The summed E-state index contributed by atoms with van der Waals surface area (Å²) >= 11 is 5.92. The van der Waals surface area contributed by atoms with Crippen molar-refractivity contribution in [2.75, 3.05) is 33.8 Å². The van der Waals surface area contributed by atoms with Gasteiger partial charge < -0.3 is 4.74 Å². The van der Waals surface area contributed by atoms with Crippen molar-refractivity contribution < 1.29 is 36.0 Å². The summed E-state index contributed by atoms with van der Waals surface area (Å²) in [5.41, 5.74) is -1.72. The SMILES string of the molecule is COCc1nn2c(C(F)(F)F)c(C[N+]3(CC(F)(F)Cl)CCN(C)C3=O)nc2s1. The second-order valence-corrected chi connectivity index (χ2v) is 8.13. The van der Waals surface area contributed by atoms with Crippen molar-refractivity contribution in [3.8, 4) is 0 Å². The summed E-state index contributed by atoms with van der Waals surface area (Å²) in [4.78, 5) is 17.6. The molecule has 3 heterocycles. The number of aromatic nitrogens is 3. The molecule has 0 aromatic carbocycles. The number of fused-ring (bicyclic) bond motifs is 1. The molecule has 1 fully saturated rings. The maximum absolute atomic E-state index is 13.7. The van der Waals surface area contributed by atoms with Crippen LogP contribution in [0.5, 0.6) is 0 Å². The number of nitrogens with zero attached hydrogens (tertiary/aromatic N) is 5. The topological polar surface area (TPSA) is 59.7 Å². The molecule has 1 aliphatic rings. The molecule has 0 bridgehead atoms. The number of carbonyl (C=O) groups excluding carboxylic acids is 1. The highest BCUT2D eigenvalue weighted by molar-refractivity contribution is 7.16. The Morgan fingerprint density at radius 2 is 2.00 bits per heavy atom. The van der Waals surface area contributed by atoms with Crippen LogP contribution >= 0.6 is 22.9 Å². The fourth-order valence-corrected chi connectivity index (χ4v) is 4.39. The van der Waals surface area contributed by atoms with Crippen molar-refractivity contribution in [1.82, 2.24) is 19.5 Å². The van der Waals surface area contributed by atoms with Crippen LogP contribution in [-0.2, 0) is 24.1 Å². The molecule has 1 aliphatic heterocycles. The van der Waals surface area contributed by atoms with Gasteiger partial charge in [0.15, 0.2) is 12.2 Å². The average Bonchev–Trinajstić information content (AvgIpc) is 3.12. The Kier molecular flexibility index (Phi) is 5.32. The van der Waals surface area contributed by atoms with E-state index in [2.05, 4.69) is 10.1 Å². The van der Waals surface area contributed by atoms with Gasteiger partial charge in [-0.3, -0.25) is 4.90 Å². The molecule has 7 nitrogen and oxygen atoms in total. The lowest BCUT2D eigenvalue weighted by Crippen LogP contribution is -2.54. The van der Waals surface area contributed by atoms with E-state index in [0.29, 0.717) is 4.52 Å². The van der Waals surface area contributed by atoms with Crippen molar-refractivity contribution in [2.24, 2.45) is 0 Å². The molecule has 0 spiro atoms. The number of methoxy groups -OCH3 is 1.